The van der Waals surface area contributed by atoms with Gasteiger partial charge < -0.3 is 30.7 Å². The molecule has 9 nitrogen and oxygen atoms in total. The zero-order valence-electron chi connectivity index (χ0n) is 22.5. The van der Waals surface area contributed by atoms with Gasteiger partial charge in [-0.2, -0.15) is 15.0 Å². The van der Waals surface area contributed by atoms with E-state index in [9.17, 15) is 4.39 Å². The fourth-order valence-corrected chi connectivity index (χ4v) is 3.89. The predicted molar refractivity (Wildman–Crippen MR) is 156 cm³/mol. The highest BCUT2D eigenvalue weighted by Gasteiger charge is 2.15. The Labute approximate surface area is 234 Å². The number of halogens is 1. The molecule has 10 heteroatoms. The van der Waals surface area contributed by atoms with Crippen LogP contribution in [0, 0.1) is 5.82 Å². The Balaban J connectivity index is 1.51. The number of hydrogen-bond acceptors (Lipinski definition) is 9. The lowest BCUT2D eigenvalue weighted by molar-refractivity contribution is 0.0547. The summed E-state index contributed by atoms with van der Waals surface area (Å²) in [5.74, 6) is 1.10. The van der Waals surface area contributed by atoms with Crippen LogP contribution in [0.5, 0.6) is 0 Å². The average Bonchev–Trinajstić information content (AvgIpc) is 2.99. The van der Waals surface area contributed by atoms with Gasteiger partial charge in [-0.3, -0.25) is 0 Å². The monoisotopic (exact) mass is 545 g/mol. The molecule has 1 heterocycles. The highest BCUT2D eigenvalue weighted by molar-refractivity contribution is 5.45. The van der Waals surface area contributed by atoms with E-state index in [-0.39, 0.29) is 5.82 Å². The Morgan fingerprint density at radius 3 is 1.82 bits per heavy atom. The molecule has 4 rings (SSSR count). The Bertz CT molecular complexity index is 1220. The molecule has 210 valence electrons. The number of ether oxygens (including phenoxy) is 2. The molecular formula is C30H36FN7O2. The van der Waals surface area contributed by atoms with Crippen LogP contribution in [0.2, 0.25) is 0 Å². The smallest absolute Gasteiger partial charge is 0.232 e. The second kappa shape index (κ2) is 16.1. The fourth-order valence-electron chi connectivity index (χ4n) is 3.89. The van der Waals surface area contributed by atoms with Crippen LogP contribution in [-0.2, 0) is 29.1 Å². The zero-order valence-corrected chi connectivity index (χ0v) is 22.5. The van der Waals surface area contributed by atoms with Crippen molar-refractivity contribution in [2.75, 3.05) is 55.1 Å². The molecule has 0 amide bonds. The molecule has 40 heavy (non-hydrogen) atoms. The fraction of sp³-hybridized carbons (Fsp3) is 0.300. The van der Waals surface area contributed by atoms with E-state index in [1.807, 2.05) is 36.4 Å². The van der Waals surface area contributed by atoms with Crippen molar-refractivity contribution in [1.29, 1.82) is 0 Å². The molecule has 0 bridgehead atoms. The summed E-state index contributed by atoms with van der Waals surface area (Å²) in [5.41, 5.74) is 8.62. The van der Waals surface area contributed by atoms with Crippen molar-refractivity contribution >= 4 is 17.8 Å². The molecule has 4 aromatic rings. The minimum Gasteiger partial charge on any atom is -0.378 e. The van der Waals surface area contributed by atoms with Gasteiger partial charge in [0.1, 0.15) is 5.82 Å². The first-order chi connectivity index (χ1) is 19.7. The molecule has 1 aromatic heterocycles. The van der Waals surface area contributed by atoms with Crippen molar-refractivity contribution in [1.82, 2.24) is 15.0 Å². The topological polar surface area (TPSA) is 110 Å². The van der Waals surface area contributed by atoms with Gasteiger partial charge >= 0.3 is 0 Å². The maximum absolute atomic E-state index is 13.4. The lowest BCUT2D eigenvalue weighted by atomic mass is 10.2. The Hall–Kier alpha value is -4.12. The van der Waals surface area contributed by atoms with E-state index in [1.54, 1.807) is 12.1 Å². The number of aromatic nitrogens is 3. The Morgan fingerprint density at radius 1 is 0.650 bits per heavy atom. The van der Waals surface area contributed by atoms with Crippen molar-refractivity contribution in [3.05, 3.63) is 107 Å². The van der Waals surface area contributed by atoms with Crippen molar-refractivity contribution < 1.29 is 13.9 Å². The lowest BCUT2D eigenvalue weighted by Crippen LogP contribution is -2.26. The maximum atomic E-state index is 13.4. The van der Waals surface area contributed by atoms with E-state index in [2.05, 4.69) is 44.8 Å². The van der Waals surface area contributed by atoms with Gasteiger partial charge in [-0.1, -0.05) is 72.8 Å². The molecule has 4 N–H and O–H groups in total. The van der Waals surface area contributed by atoms with Crippen LogP contribution in [0.4, 0.5) is 22.2 Å². The normalized spacial score (nSPS) is 10.8. The van der Waals surface area contributed by atoms with Gasteiger partial charge in [0.25, 0.3) is 0 Å². The number of anilines is 3. The van der Waals surface area contributed by atoms with Crippen LogP contribution < -0.4 is 21.3 Å². The summed E-state index contributed by atoms with van der Waals surface area (Å²) >= 11 is 0. The zero-order chi connectivity index (χ0) is 27.8. The number of nitrogens with zero attached hydrogens (tertiary/aromatic N) is 4. The minimum absolute atomic E-state index is 0.275. The third kappa shape index (κ3) is 9.88. The molecular weight excluding hydrogens is 509 g/mol. The van der Waals surface area contributed by atoms with E-state index < -0.39 is 0 Å². The van der Waals surface area contributed by atoms with Gasteiger partial charge in [-0.25, -0.2) is 4.39 Å². The van der Waals surface area contributed by atoms with Crippen LogP contribution in [0.25, 0.3) is 0 Å². The maximum Gasteiger partial charge on any atom is 0.232 e. The molecule has 0 aliphatic rings. The van der Waals surface area contributed by atoms with Gasteiger partial charge in [0.15, 0.2) is 0 Å². The van der Waals surface area contributed by atoms with Crippen molar-refractivity contribution in [2.24, 2.45) is 5.73 Å². The number of nitrogens with two attached hydrogens (primary N) is 1. The number of hydrogen-bond donors (Lipinski definition) is 3. The molecule has 0 radical (unpaired) electrons. The third-order valence-corrected chi connectivity index (χ3v) is 5.87. The predicted octanol–water partition coefficient (Wildman–Crippen LogP) is 4.23. The largest absolute Gasteiger partial charge is 0.378 e. The molecule has 0 aliphatic carbocycles. The summed E-state index contributed by atoms with van der Waals surface area (Å²) in [6.45, 7) is 4.63. The summed E-state index contributed by atoms with van der Waals surface area (Å²) in [6.07, 6.45) is 0. The number of benzene rings is 3. The van der Waals surface area contributed by atoms with Crippen LogP contribution in [0.3, 0.4) is 0 Å². The van der Waals surface area contributed by atoms with Gasteiger partial charge in [0.05, 0.1) is 26.4 Å². The molecule has 0 unspecified atom stereocenters. The van der Waals surface area contributed by atoms with Gasteiger partial charge in [-0.15, -0.1) is 0 Å². The van der Waals surface area contributed by atoms with E-state index in [0.29, 0.717) is 77.0 Å². The summed E-state index contributed by atoms with van der Waals surface area (Å²) in [6, 6.07) is 26.8. The van der Waals surface area contributed by atoms with Crippen LogP contribution in [0.15, 0.2) is 84.9 Å². The highest BCUT2D eigenvalue weighted by atomic mass is 19.1. The van der Waals surface area contributed by atoms with E-state index in [0.717, 1.165) is 16.7 Å². The average molecular weight is 546 g/mol. The quantitative estimate of drug-likeness (QED) is 0.168. The first-order valence-electron chi connectivity index (χ1n) is 13.4. The molecule has 0 aliphatic heterocycles. The first-order valence-corrected chi connectivity index (χ1v) is 13.4. The van der Waals surface area contributed by atoms with Crippen molar-refractivity contribution in [3.63, 3.8) is 0 Å². The van der Waals surface area contributed by atoms with Gasteiger partial charge in [0.2, 0.25) is 17.8 Å². The minimum atomic E-state index is -0.275. The van der Waals surface area contributed by atoms with Gasteiger partial charge in [-0.05, 0) is 28.8 Å². The second-order valence-electron chi connectivity index (χ2n) is 9.03. The lowest BCUT2D eigenvalue weighted by Gasteiger charge is -2.24. The summed E-state index contributed by atoms with van der Waals surface area (Å²) in [4.78, 5) is 16.2. The molecule has 0 saturated heterocycles. The van der Waals surface area contributed by atoms with E-state index in [1.165, 1.54) is 12.1 Å². The standard InChI is InChI=1S/C30H36FN7O2/c31-27-13-11-24(12-14-27)21-34-29-35-28(33-16-18-40-20-19-39-17-15-32)36-30(37-29)38(22-25-7-3-1-4-8-25)23-26-9-5-2-6-10-26/h1-14H,15-23,32H2,(H2,33,34,35,36,37). The van der Waals surface area contributed by atoms with Crippen molar-refractivity contribution in [3.8, 4) is 0 Å². The van der Waals surface area contributed by atoms with Crippen LogP contribution >= 0.6 is 0 Å². The van der Waals surface area contributed by atoms with Gasteiger partial charge in [0, 0.05) is 32.7 Å². The Morgan fingerprint density at radius 2 is 1.23 bits per heavy atom. The van der Waals surface area contributed by atoms with E-state index in [4.69, 9.17) is 25.2 Å². The summed E-state index contributed by atoms with van der Waals surface area (Å²) < 4.78 is 24.3. The summed E-state index contributed by atoms with van der Waals surface area (Å²) in [7, 11) is 0. The highest BCUT2D eigenvalue weighted by Crippen LogP contribution is 2.20. The molecule has 0 saturated carbocycles. The van der Waals surface area contributed by atoms with Crippen LogP contribution in [0.1, 0.15) is 16.7 Å². The number of rotatable bonds is 17. The Kier molecular flexibility index (Phi) is 11.6. The SMILES string of the molecule is NCCOCCOCCNc1nc(NCc2ccc(F)cc2)nc(N(Cc2ccccc2)Cc2ccccc2)n1. The third-order valence-electron chi connectivity index (χ3n) is 5.87. The summed E-state index contributed by atoms with van der Waals surface area (Å²) in [5, 5.41) is 6.52. The van der Waals surface area contributed by atoms with Crippen molar-refractivity contribution in [2.45, 2.75) is 19.6 Å². The first kappa shape index (κ1) is 28.9. The van der Waals surface area contributed by atoms with E-state index >= 15 is 0 Å². The molecule has 0 atom stereocenters. The van der Waals surface area contributed by atoms with Crippen LogP contribution in [-0.4, -0.2) is 54.5 Å². The molecule has 3 aromatic carbocycles. The second-order valence-corrected chi connectivity index (χ2v) is 9.03. The molecule has 0 spiro atoms. The molecule has 0 fully saturated rings. The number of nitrogens with one attached hydrogen (secondary N) is 2.